The third-order valence-corrected chi connectivity index (χ3v) is 1.84. The minimum absolute atomic E-state index is 0.0158. The van der Waals surface area contributed by atoms with Crippen molar-refractivity contribution in [1.82, 2.24) is 5.32 Å². The van der Waals surface area contributed by atoms with Crippen molar-refractivity contribution in [3.8, 4) is 0 Å². The number of rotatable bonds is 0. The van der Waals surface area contributed by atoms with Crippen molar-refractivity contribution in [3.05, 3.63) is 0 Å². The van der Waals surface area contributed by atoms with Crippen LogP contribution in [0, 0.1) is 0 Å². The van der Waals surface area contributed by atoms with Gasteiger partial charge in [-0.25, -0.2) is 0 Å². The summed E-state index contributed by atoms with van der Waals surface area (Å²) in [5.41, 5.74) is 0. The molecule has 2 unspecified atom stereocenters. The standard InChI is InChI=1S/C6H11NO2/c1-4-8-5-2-7-3-6(5)9-4/h4-7H,2-3H2,1H3. The van der Waals surface area contributed by atoms with Gasteiger partial charge in [0.25, 0.3) is 0 Å². The van der Waals surface area contributed by atoms with E-state index in [1.54, 1.807) is 0 Å². The van der Waals surface area contributed by atoms with Crippen molar-refractivity contribution in [2.75, 3.05) is 13.1 Å². The second kappa shape index (κ2) is 1.94. The van der Waals surface area contributed by atoms with Gasteiger partial charge in [0.15, 0.2) is 6.29 Å². The monoisotopic (exact) mass is 129 g/mol. The Kier molecular flexibility index (Phi) is 1.22. The molecule has 3 heteroatoms. The fourth-order valence-corrected chi connectivity index (χ4v) is 1.43. The third-order valence-electron chi connectivity index (χ3n) is 1.84. The van der Waals surface area contributed by atoms with Crippen molar-refractivity contribution in [2.24, 2.45) is 0 Å². The molecular formula is C6H11NO2. The summed E-state index contributed by atoms with van der Waals surface area (Å²) in [5, 5.41) is 3.19. The second-order valence-corrected chi connectivity index (χ2v) is 2.57. The second-order valence-electron chi connectivity index (χ2n) is 2.57. The van der Waals surface area contributed by atoms with Gasteiger partial charge in [-0.05, 0) is 6.92 Å². The van der Waals surface area contributed by atoms with Gasteiger partial charge in [0.2, 0.25) is 0 Å². The molecule has 2 aliphatic rings. The zero-order valence-electron chi connectivity index (χ0n) is 5.46. The lowest BCUT2D eigenvalue weighted by atomic mass is 10.3. The molecule has 0 aromatic rings. The van der Waals surface area contributed by atoms with Crippen LogP contribution in [0.2, 0.25) is 0 Å². The van der Waals surface area contributed by atoms with Crippen molar-refractivity contribution >= 4 is 0 Å². The minimum Gasteiger partial charge on any atom is -0.346 e. The Morgan fingerprint density at radius 2 is 1.78 bits per heavy atom. The molecule has 0 aliphatic carbocycles. The Balaban J connectivity index is 2.02. The van der Waals surface area contributed by atoms with Gasteiger partial charge < -0.3 is 14.8 Å². The van der Waals surface area contributed by atoms with Crippen LogP contribution in [-0.2, 0) is 9.47 Å². The van der Waals surface area contributed by atoms with Gasteiger partial charge in [-0.3, -0.25) is 0 Å². The van der Waals surface area contributed by atoms with Crippen molar-refractivity contribution in [3.63, 3.8) is 0 Å². The SMILES string of the molecule is CC1OC2CNCC2O1. The topological polar surface area (TPSA) is 30.5 Å². The fourth-order valence-electron chi connectivity index (χ4n) is 1.43. The van der Waals surface area contributed by atoms with Crippen LogP contribution in [0.1, 0.15) is 6.92 Å². The number of hydrogen-bond acceptors (Lipinski definition) is 3. The quantitative estimate of drug-likeness (QED) is 0.488. The summed E-state index contributed by atoms with van der Waals surface area (Å²) in [5.74, 6) is 0. The normalized spacial score (nSPS) is 49.7. The lowest BCUT2D eigenvalue weighted by Crippen LogP contribution is -2.18. The van der Waals surface area contributed by atoms with Crippen LogP contribution >= 0.6 is 0 Å². The molecule has 0 bridgehead atoms. The molecule has 2 heterocycles. The first-order valence-electron chi connectivity index (χ1n) is 3.38. The molecule has 2 saturated heterocycles. The van der Waals surface area contributed by atoms with Crippen LogP contribution in [0.4, 0.5) is 0 Å². The Hall–Kier alpha value is -0.120. The number of fused-ring (bicyclic) bond motifs is 1. The lowest BCUT2D eigenvalue weighted by Gasteiger charge is -2.03. The predicted molar refractivity (Wildman–Crippen MR) is 32.1 cm³/mol. The van der Waals surface area contributed by atoms with E-state index in [4.69, 9.17) is 9.47 Å². The maximum Gasteiger partial charge on any atom is 0.155 e. The van der Waals surface area contributed by atoms with Crippen LogP contribution in [0.3, 0.4) is 0 Å². The molecule has 2 rings (SSSR count). The van der Waals surface area contributed by atoms with Gasteiger partial charge in [-0.2, -0.15) is 0 Å². The van der Waals surface area contributed by atoms with Crippen LogP contribution in [0.5, 0.6) is 0 Å². The van der Waals surface area contributed by atoms with Gasteiger partial charge in [0.05, 0.1) is 0 Å². The maximum absolute atomic E-state index is 5.40. The summed E-state index contributed by atoms with van der Waals surface area (Å²) >= 11 is 0. The average molecular weight is 129 g/mol. The van der Waals surface area contributed by atoms with Crippen molar-refractivity contribution in [2.45, 2.75) is 25.4 Å². The van der Waals surface area contributed by atoms with E-state index in [0.29, 0.717) is 12.2 Å². The van der Waals surface area contributed by atoms with E-state index in [1.165, 1.54) is 0 Å². The third kappa shape index (κ3) is 0.852. The highest BCUT2D eigenvalue weighted by molar-refractivity contribution is 4.86. The molecule has 1 N–H and O–H groups in total. The van der Waals surface area contributed by atoms with Gasteiger partial charge in [0.1, 0.15) is 12.2 Å². The Morgan fingerprint density at radius 3 is 2.33 bits per heavy atom. The van der Waals surface area contributed by atoms with Crippen LogP contribution in [0.25, 0.3) is 0 Å². The van der Waals surface area contributed by atoms with Crippen LogP contribution in [0.15, 0.2) is 0 Å². The largest absolute Gasteiger partial charge is 0.346 e. The lowest BCUT2D eigenvalue weighted by molar-refractivity contribution is -0.0550. The summed E-state index contributed by atoms with van der Waals surface area (Å²) in [4.78, 5) is 0. The average Bonchev–Trinajstić information content (AvgIpc) is 2.22. The highest BCUT2D eigenvalue weighted by atomic mass is 16.7. The highest BCUT2D eigenvalue weighted by Gasteiger charge is 2.37. The van der Waals surface area contributed by atoms with E-state index in [0.717, 1.165) is 13.1 Å². The minimum atomic E-state index is 0.0158. The zero-order valence-corrected chi connectivity index (χ0v) is 5.46. The van der Waals surface area contributed by atoms with Gasteiger partial charge in [-0.1, -0.05) is 0 Å². The first kappa shape index (κ1) is 5.65. The molecular weight excluding hydrogens is 118 g/mol. The fraction of sp³-hybridized carbons (Fsp3) is 1.00. The van der Waals surface area contributed by atoms with Crippen LogP contribution < -0.4 is 5.32 Å². The molecule has 0 amide bonds. The van der Waals surface area contributed by atoms with Gasteiger partial charge in [0, 0.05) is 13.1 Å². The van der Waals surface area contributed by atoms with Gasteiger partial charge in [-0.15, -0.1) is 0 Å². The van der Waals surface area contributed by atoms with E-state index in [-0.39, 0.29) is 6.29 Å². The maximum atomic E-state index is 5.40. The summed E-state index contributed by atoms with van der Waals surface area (Å²) in [7, 11) is 0. The molecule has 0 radical (unpaired) electrons. The number of ether oxygens (including phenoxy) is 2. The summed E-state index contributed by atoms with van der Waals surface area (Å²) in [6.45, 7) is 3.85. The van der Waals surface area contributed by atoms with E-state index in [9.17, 15) is 0 Å². The molecule has 9 heavy (non-hydrogen) atoms. The predicted octanol–water partition coefficient (Wildman–Crippen LogP) is -0.280. The Bertz CT molecular complexity index is 106. The number of nitrogens with one attached hydrogen (secondary N) is 1. The molecule has 0 aromatic carbocycles. The number of hydrogen-bond donors (Lipinski definition) is 1. The smallest absolute Gasteiger partial charge is 0.155 e. The Morgan fingerprint density at radius 1 is 1.22 bits per heavy atom. The molecule has 0 spiro atoms. The summed E-state index contributed by atoms with van der Waals surface area (Å²) in [6.07, 6.45) is 0.655. The molecule has 0 aromatic heterocycles. The van der Waals surface area contributed by atoms with E-state index >= 15 is 0 Å². The molecule has 0 saturated carbocycles. The van der Waals surface area contributed by atoms with Crippen LogP contribution in [-0.4, -0.2) is 31.6 Å². The molecule has 52 valence electrons. The highest BCUT2D eigenvalue weighted by Crippen LogP contribution is 2.20. The zero-order chi connectivity index (χ0) is 6.27. The molecule has 3 nitrogen and oxygen atoms in total. The van der Waals surface area contributed by atoms with E-state index in [2.05, 4.69) is 5.32 Å². The van der Waals surface area contributed by atoms with Crippen molar-refractivity contribution < 1.29 is 9.47 Å². The molecule has 2 aliphatic heterocycles. The molecule has 2 fully saturated rings. The first-order valence-corrected chi connectivity index (χ1v) is 3.38. The van der Waals surface area contributed by atoms with Gasteiger partial charge >= 0.3 is 0 Å². The summed E-state index contributed by atoms with van der Waals surface area (Å²) < 4.78 is 10.8. The Labute approximate surface area is 54.3 Å². The first-order chi connectivity index (χ1) is 4.36. The molecule has 2 atom stereocenters. The van der Waals surface area contributed by atoms with Crippen molar-refractivity contribution in [1.29, 1.82) is 0 Å². The van der Waals surface area contributed by atoms with E-state index in [1.807, 2.05) is 6.92 Å². The van der Waals surface area contributed by atoms with E-state index < -0.39 is 0 Å². The summed E-state index contributed by atoms with van der Waals surface area (Å²) in [6, 6.07) is 0.